The molecule has 0 amide bonds. The van der Waals surface area contributed by atoms with Crippen LogP contribution < -0.4 is 5.73 Å². The van der Waals surface area contributed by atoms with E-state index in [0.717, 1.165) is 24.0 Å². The molecule has 0 aromatic carbocycles. The molecule has 1 aromatic rings. The molecule has 17 heavy (non-hydrogen) atoms. The SMILES string of the molecule is CC(N)C(c1ccc(Cl)s1)N(C)C1CCOC1. The van der Waals surface area contributed by atoms with Gasteiger partial charge in [-0.25, -0.2) is 0 Å². The molecule has 0 radical (unpaired) electrons. The van der Waals surface area contributed by atoms with Crippen molar-refractivity contribution >= 4 is 22.9 Å². The molecule has 3 nitrogen and oxygen atoms in total. The van der Waals surface area contributed by atoms with Crippen molar-refractivity contribution in [3.8, 4) is 0 Å². The van der Waals surface area contributed by atoms with Gasteiger partial charge in [-0.1, -0.05) is 11.6 Å². The van der Waals surface area contributed by atoms with E-state index in [-0.39, 0.29) is 12.1 Å². The van der Waals surface area contributed by atoms with Crippen LogP contribution in [0.5, 0.6) is 0 Å². The molecule has 1 aliphatic rings. The van der Waals surface area contributed by atoms with Crippen LogP contribution in [0.3, 0.4) is 0 Å². The molecule has 1 aromatic heterocycles. The Morgan fingerprint density at radius 1 is 1.59 bits per heavy atom. The third-order valence-electron chi connectivity index (χ3n) is 3.30. The highest BCUT2D eigenvalue weighted by Crippen LogP contribution is 2.33. The summed E-state index contributed by atoms with van der Waals surface area (Å²) in [6, 6.07) is 4.78. The number of halogens is 1. The zero-order chi connectivity index (χ0) is 12.4. The van der Waals surface area contributed by atoms with Crippen molar-refractivity contribution in [2.75, 3.05) is 20.3 Å². The molecule has 3 unspecified atom stereocenters. The van der Waals surface area contributed by atoms with Crippen LogP contribution in [-0.2, 0) is 4.74 Å². The average molecular weight is 275 g/mol. The Morgan fingerprint density at radius 2 is 2.35 bits per heavy atom. The Labute approximate surface area is 112 Å². The van der Waals surface area contributed by atoms with Crippen LogP contribution in [0.4, 0.5) is 0 Å². The third-order valence-corrected chi connectivity index (χ3v) is 4.61. The van der Waals surface area contributed by atoms with E-state index >= 15 is 0 Å². The molecular weight excluding hydrogens is 256 g/mol. The van der Waals surface area contributed by atoms with E-state index in [1.807, 2.05) is 13.0 Å². The summed E-state index contributed by atoms with van der Waals surface area (Å²) in [7, 11) is 2.13. The molecule has 1 aliphatic heterocycles. The van der Waals surface area contributed by atoms with Gasteiger partial charge in [0.15, 0.2) is 0 Å². The van der Waals surface area contributed by atoms with Gasteiger partial charge < -0.3 is 10.5 Å². The van der Waals surface area contributed by atoms with Gasteiger partial charge in [-0.15, -0.1) is 11.3 Å². The van der Waals surface area contributed by atoms with Crippen LogP contribution in [0, 0.1) is 0 Å². The van der Waals surface area contributed by atoms with Crippen LogP contribution in [0.1, 0.15) is 24.3 Å². The van der Waals surface area contributed by atoms with Gasteiger partial charge in [0.25, 0.3) is 0 Å². The fourth-order valence-corrected chi connectivity index (χ4v) is 3.72. The van der Waals surface area contributed by atoms with E-state index in [2.05, 4.69) is 18.0 Å². The molecule has 2 N–H and O–H groups in total. The molecule has 0 saturated carbocycles. The number of rotatable bonds is 4. The highest BCUT2D eigenvalue weighted by molar-refractivity contribution is 7.16. The second kappa shape index (κ2) is 5.67. The van der Waals surface area contributed by atoms with Crippen molar-refractivity contribution in [3.05, 3.63) is 21.3 Å². The molecule has 3 atom stereocenters. The Morgan fingerprint density at radius 3 is 2.82 bits per heavy atom. The first kappa shape index (κ1) is 13.3. The largest absolute Gasteiger partial charge is 0.380 e. The lowest BCUT2D eigenvalue weighted by Crippen LogP contribution is -2.42. The number of thiophene rings is 1. The maximum Gasteiger partial charge on any atom is 0.0931 e. The first-order valence-electron chi connectivity index (χ1n) is 5.90. The molecule has 2 rings (SSSR count). The van der Waals surface area contributed by atoms with Gasteiger partial charge >= 0.3 is 0 Å². The minimum atomic E-state index is 0.0790. The van der Waals surface area contributed by atoms with Gasteiger partial charge in [0.05, 0.1) is 17.0 Å². The zero-order valence-corrected chi connectivity index (χ0v) is 11.8. The van der Waals surface area contributed by atoms with Gasteiger partial charge in [-0.05, 0) is 32.5 Å². The van der Waals surface area contributed by atoms with Gasteiger partial charge in [0.1, 0.15) is 0 Å². The summed E-state index contributed by atoms with van der Waals surface area (Å²) in [5.41, 5.74) is 6.13. The fourth-order valence-electron chi connectivity index (χ4n) is 2.39. The van der Waals surface area contributed by atoms with E-state index in [1.54, 1.807) is 11.3 Å². The summed E-state index contributed by atoms with van der Waals surface area (Å²) in [5, 5.41) is 0. The Kier molecular flexibility index (Phi) is 4.44. The molecule has 0 spiro atoms. The summed E-state index contributed by atoms with van der Waals surface area (Å²) >= 11 is 7.62. The van der Waals surface area contributed by atoms with Crippen molar-refractivity contribution in [1.29, 1.82) is 0 Å². The number of nitrogens with zero attached hydrogens (tertiary/aromatic N) is 1. The number of ether oxygens (including phenoxy) is 1. The summed E-state index contributed by atoms with van der Waals surface area (Å²) < 4.78 is 6.27. The van der Waals surface area contributed by atoms with E-state index < -0.39 is 0 Å². The number of hydrogen-bond donors (Lipinski definition) is 1. The van der Waals surface area contributed by atoms with Gasteiger partial charge in [0.2, 0.25) is 0 Å². The molecule has 0 aliphatic carbocycles. The minimum absolute atomic E-state index is 0.0790. The van der Waals surface area contributed by atoms with Crippen LogP contribution in [0.15, 0.2) is 12.1 Å². The van der Waals surface area contributed by atoms with Crippen molar-refractivity contribution in [1.82, 2.24) is 4.90 Å². The second-order valence-corrected chi connectivity index (χ2v) is 6.38. The number of nitrogens with two attached hydrogens (primary N) is 1. The molecule has 96 valence electrons. The lowest BCUT2D eigenvalue weighted by atomic mass is 10.0. The monoisotopic (exact) mass is 274 g/mol. The standard InChI is InChI=1S/C12H19ClN2OS/c1-8(14)12(10-3-4-11(13)17-10)15(2)9-5-6-16-7-9/h3-4,8-9,12H,5-7,14H2,1-2H3. The topological polar surface area (TPSA) is 38.5 Å². The normalized spacial score (nSPS) is 24.2. The first-order valence-corrected chi connectivity index (χ1v) is 7.09. The highest BCUT2D eigenvalue weighted by atomic mass is 35.5. The smallest absolute Gasteiger partial charge is 0.0931 e. The third kappa shape index (κ3) is 3.01. The highest BCUT2D eigenvalue weighted by Gasteiger charge is 2.30. The Bertz CT molecular complexity index is 363. The van der Waals surface area contributed by atoms with E-state index in [4.69, 9.17) is 22.1 Å². The van der Waals surface area contributed by atoms with Crippen molar-refractivity contribution < 1.29 is 4.74 Å². The summed E-state index contributed by atoms with van der Waals surface area (Å²) in [6.45, 7) is 3.70. The maximum atomic E-state index is 6.13. The average Bonchev–Trinajstić information content (AvgIpc) is 2.88. The van der Waals surface area contributed by atoms with E-state index in [9.17, 15) is 0 Å². The van der Waals surface area contributed by atoms with Crippen molar-refractivity contribution in [3.63, 3.8) is 0 Å². The van der Waals surface area contributed by atoms with Gasteiger partial charge in [-0.3, -0.25) is 4.90 Å². The molecule has 1 fully saturated rings. The quantitative estimate of drug-likeness (QED) is 0.917. The molecule has 1 saturated heterocycles. The van der Waals surface area contributed by atoms with Crippen LogP contribution in [-0.4, -0.2) is 37.2 Å². The predicted molar refractivity (Wildman–Crippen MR) is 72.7 cm³/mol. The van der Waals surface area contributed by atoms with Gasteiger partial charge in [-0.2, -0.15) is 0 Å². The zero-order valence-electron chi connectivity index (χ0n) is 10.2. The minimum Gasteiger partial charge on any atom is -0.380 e. The lowest BCUT2D eigenvalue weighted by Gasteiger charge is -2.34. The van der Waals surface area contributed by atoms with Gasteiger partial charge in [0, 0.05) is 23.6 Å². The second-order valence-electron chi connectivity index (χ2n) is 4.63. The first-order chi connectivity index (χ1) is 8.09. The van der Waals surface area contributed by atoms with Crippen molar-refractivity contribution in [2.24, 2.45) is 5.73 Å². The van der Waals surface area contributed by atoms with Crippen LogP contribution >= 0.6 is 22.9 Å². The van der Waals surface area contributed by atoms with E-state index in [1.165, 1.54) is 4.88 Å². The fraction of sp³-hybridized carbons (Fsp3) is 0.667. The number of hydrogen-bond acceptors (Lipinski definition) is 4. The summed E-state index contributed by atoms with van der Waals surface area (Å²) in [6.07, 6.45) is 1.08. The predicted octanol–water partition coefficient (Wildman–Crippen LogP) is 2.51. The molecule has 0 bridgehead atoms. The molecule has 5 heteroatoms. The van der Waals surface area contributed by atoms with Crippen LogP contribution in [0.2, 0.25) is 4.34 Å². The Hall–Kier alpha value is -0.130. The maximum absolute atomic E-state index is 6.13. The van der Waals surface area contributed by atoms with Crippen molar-refractivity contribution in [2.45, 2.75) is 31.5 Å². The Balaban J connectivity index is 2.16. The summed E-state index contributed by atoms with van der Waals surface area (Å²) in [4.78, 5) is 3.57. The lowest BCUT2D eigenvalue weighted by molar-refractivity contribution is 0.124. The van der Waals surface area contributed by atoms with Crippen LogP contribution in [0.25, 0.3) is 0 Å². The molecular formula is C12H19ClN2OS. The van der Waals surface area contributed by atoms with E-state index in [0.29, 0.717) is 6.04 Å². The molecule has 2 heterocycles. The number of likely N-dealkylation sites (N-methyl/N-ethyl adjacent to an activating group) is 1. The summed E-state index contributed by atoms with van der Waals surface area (Å²) in [5.74, 6) is 0.